The smallest absolute Gasteiger partial charge is 0.242 e. The van der Waals surface area contributed by atoms with Crippen molar-refractivity contribution in [3.8, 4) is 0 Å². The molecule has 0 aliphatic heterocycles. The molecule has 2 aromatic carbocycles. The molecule has 1 unspecified atom stereocenters. The second kappa shape index (κ2) is 12.1. The molecule has 0 aliphatic rings. The van der Waals surface area contributed by atoms with E-state index in [1.807, 2.05) is 50.2 Å². The van der Waals surface area contributed by atoms with Gasteiger partial charge >= 0.3 is 0 Å². The van der Waals surface area contributed by atoms with Gasteiger partial charge in [0.2, 0.25) is 11.8 Å². The molecule has 1 N–H and O–H groups in total. The fourth-order valence-corrected chi connectivity index (χ4v) is 4.15. The molecule has 0 saturated carbocycles. The third-order valence-electron chi connectivity index (χ3n) is 4.41. The average molecular weight is 453 g/mol. The standard InChI is InChI=1S/C22H26Cl2N2O2S/c1-3-20(22(28)25-4-2)26(13-17-10-11-18(23)19(24)12-17)21(27)15-29-14-16-8-6-5-7-9-16/h5-12,20H,3-4,13-15H2,1-2H3,(H,25,28). The van der Waals surface area contributed by atoms with Crippen LogP contribution < -0.4 is 5.32 Å². The van der Waals surface area contributed by atoms with E-state index < -0.39 is 6.04 Å². The highest BCUT2D eigenvalue weighted by molar-refractivity contribution is 7.99. The van der Waals surface area contributed by atoms with E-state index in [-0.39, 0.29) is 11.8 Å². The van der Waals surface area contributed by atoms with Gasteiger partial charge in [0.1, 0.15) is 6.04 Å². The van der Waals surface area contributed by atoms with Gasteiger partial charge in [0.25, 0.3) is 0 Å². The number of halogens is 2. The lowest BCUT2D eigenvalue weighted by Gasteiger charge is -2.30. The second-order valence-corrected chi connectivity index (χ2v) is 8.37. The topological polar surface area (TPSA) is 49.4 Å². The fraction of sp³-hybridized carbons (Fsp3) is 0.364. The number of likely N-dealkylation sites (N-methyl/N-ethyl adjacent to an activating group) is 1. The van der Waals surface area contributed by atoms with Crippen molar-refractivity contribution in [1.82, 2.24) is 10.2 Å². The van der Waals surface area contributed by atoms with E-state index in [4.69, 9.17) is 23.2 Å². The maximum atomic E-state index is 13.1. The van der Waals surface area contributed by atoms with E-state index >= 15 is 0 Å². The summed E-state index contributed by atoms with van der Waals surface area (Å²) in [7, 11) is 0. The molecule has 156 valence electrons. The quantitative estimate of drug-likeness (QED) is 0.540. The van der Waals surface area contributed by atoms with Crippen LogP contribution in [0, 0.1) is 0 Å². The van der Waals surface area contributed by atoms with Crippen LogP contribution in [0.5, 0.6) is 0 Å². The van der Waals surface area contributed by atoms with E-state index in [2.05, 4.69) is 5.32 Å². The van der Waals surface area contributed by atoms with E-state index in [9.17, 15) is 9.59 Å². The number of hydrogen-bond acceptors (Lipinski definition) is 3. The van der Waals surface area contributed by atoms with Gasteiger partial charge in [-0.25, -0.2) is 0 Å². The Morgan fingerprint density at radius 1 is 1.03 bits per heavy atom. The Morgan fingerprint density at radius 2 is 1.76 bits per heavy atom. The molecule has 1 atom stereocenters. The lowest BCUT2D eigenvalue weighted by Crippen LogP contribution is -2.49. The first-order chi connectivity index (χ1) is 14.0. The number of hydrogen-bond donors (Lipinski definition) is 1. The van der Waals surface area contributed by atoms with Crippen LogP contribution >= 0.6 is 35.0 Å². The van der Waals surface area contributed by atoms with Crippen molar-refractivity contribution in [3.05, 3.63) is 69.7 Å². The number of nitrogens with one attached hydrogen (secondary N) is 1. The highest BCUT2D eigenvalue weighted by Gasteiger charge is 2.28. The molecule has 0 aromatic heterocycles. The van der Waals surface area contributed by atoms with Crippen molar-refractivity contribution in [2.75, 3.05) is 12.3 Å². The van der Waals surface area contributed by atoms with Crippen molar-refractivity contribution < 1.29 is 9.59 Å². The number of nitrogens with zero attached hydrogens (tertiary/aromatic N) is 1. The van der Waals surface area contributed by atoms with Gasteiger partial charge in [0, 0.05) is 18.8 Å². The normalized spacial score (nSPS) is 11.7. The van der Waals surface area contributed by atoms with E-state index in [1.54, 1.807) is 28.8 Å². The molecule has 0 fully saturated rings. The van der Waals surface area contributed by atoms with Crippen LogP contribution in [-0.4, -0.2) is 35.1 Å². The molecular weight excluding hydrogens is 427 g/mol. The summed E-state index contributed by atoms with van der Waals surface area (Å²) in [5.41, 5.74) is 2.00. The summed E-state index contributed by atoms with van der Waals surface area (Å²) in [6.45, 7) is 4.60. The first-order valence-electron chi connectivity index (χ1n) is 9.59. The van der Waals surface area contributed by atoms with Gasteiger partial charge in [-0.1, -0.05) is 66.5 Å². The molecule has 7 heteroatoms. The molecule has 0 saturated heterocycles. The number of thioether (sulfide) groups is 1. The lowest BCUT2D eigenvalue weighted by molar-refractivity contribution is -0.139. The van der Waals surface area contributed by atoms with E-state index in [0.717, 1.165) is 16.9 Å². The number of carbonyl (C=O) groups is 2. The van der Waals surface area contributed by atoms with E-state index in [1.165, 1.54) is 0 Å². The molecular formula is C22H26Cl2N2O2S. The third-order valence-corrected chi connectivity index (χ3v) is 6.14. The maximum absolute atomic E-state index is 13.1. The largest absolute Gasteiger partial charge is 0.355 e. The Morgan fingerprint density at radius 3 is 2.38 bits per heavy atom. The van der Waals surface area contributed by atoms with Gasteiger partial charge in [-0.2, -0.15) is 0 Å². The van der Waals surface area contributed by atoms with Crippen LogP contribution in [0.2, 0.25) is 10.0 Å². The summed E-state index contributed by atoms with van der Waals surface area (Å²) in [5.74, 6) is 0.823. The Kier molecular flexibility index (Phi) is 9.85. The molecule has 2 rings (SSSR count). The van der Waals surface area contributed by atoms with Crippen LogP contribution in [0.3, 0.4) is 0 Å². The summed E-state index contributed by atoms with van der Waals surface area (Å²) in [6.07, 6.45) is 0.530. The van der Waals surface area contributed by atoms with Crippen LogP contribution in [0.15, 0.2) is 48.5 Å². The zero-order chi connectivity index (χ0) is 21.2. The van der Waals surface area contributed by atoms with Crippen molar-refractivity contribution in [2.24, 2.45) is 0 Å². The van der Waals surface area contributed by atoms with Gasteiger partial charge in [-0.05, 0) is 36.6 Å². The van der Waals surface area contributed by atoms with Crippen LogP contribution in [0.25, 0.3) is 0 Å². The zero-order valence-electron chi connectivity index (χ0n) is 16.7. The summed E-state index contributed by atoms with van der Waals surface area (Å²) >= 11 is 13.7. The average Bonchev–Trinajstić information content (AvgIpc) is 2.71. The lowest BCUT2D eigenvalue weighted by atomic mass is 10.1. The molecule has 0 spiro atoms. The Balaban J connectivity index is 2.14. The summed E-state index contributed by atoms with van der Waals surface area (Å²) < 4.78 is 0. The highest BCUT2D eigenvalue weighted by atomic mass is 35.5. The van der Waals surface area contributed by atoms with Crippen LogP contribution in [-0.2, 0) is 21.9 Å². The van der Waals surface area contributed by atoms with Crippen LogP contribution in [0.1, 0.15) is 31.4 Å². The minimum atomic E-state index is -0.533. The number of rotatable bonds is 10. The second-order valence-electron chi connectivity index (χ2n) is 6.57. The molecule has 2 aromatic rings. The number of amides is 2. The molecule has 4 nitrogen and oxygen atoms in total. The molecule has 2 amide bonds. The van der Waals surface area contributed by atoms with Crippen molar-refractivity contribution >= 4 is 46.8 Å². The minimum Gasteiger partial charge on any atom is -0.355 e. The van der Waals surface area contributed by atoms with Gasteiger partial charge < -0.3 is 10.2 Å². The van der Waals surface area contributed by atoms with Gasteiger partial charge in [0.15, 0.2) is 0 Å². The summed E-state index contributed by atoms with van der Waals surface area (Å²) in [4.78, 5) is 27.3. The molecule has 0 aliphatic carbocycles. The highest BCUT2D eigenvalue weighted by Crippen LogP contribution is 2.24. The predicted molar refractivity (Wildman–Crippen MR) is 122 cm³/mol. The van der Waals surface area contributed by atoms with Crippen LogP contribution in [0.4, 0.5) is 0 Å². The van der Waals surface area contributed by atoms with E-state index in [0.29, 0.717) is 35.3 Å². The Labute approximate surface area is 187 Å². The van der Waals surface area contributed by atoms with Crippen molar-refractivity contribution in [3.63, 3.8) is 0 Å². The van der Waals surface area contributed by atoms with Gasteiger partial charge in [-0.15, -0.1) is 11.8 Å². The summed E-state index contributed by atoms with van der Waals surface area (Å²) in [5, 5.41) is 3.73. The molecule has 0 bridgehead atoms. The SMILES string of the molecule is CCNC(=O)C(CC)N(Cc1ccc(Cl)c(Cl)c1)C(=O)CSCc1ccccc1. The fourth-order valence-electron chi connectivity index (χ4n) is 2.96. The number of carbonyl (C=O) groups excluding carboxylic acids is 2. The number of benzene rings is 2. The Hall–Kier alpha value is -1.69. The Bertz CT molecular complexity index is 818. The minimum absolute atomic E-state index is 0.0740. The molecule has 29 heavy (non-hydrogen) atoms. The first-order valence-corrected chi connectivity index (χ1v) is 11.5. The summed E-state index contributed by atoms with van der Waals surface area (Å²) in [6, 6.07) is 14.8. The molecule has 0 radical (unpaired) electrons. The molecule has 0 heterocycles. The predicted octanol–water partition coefficient (Wildman–Crippen LogP) is 5.17. The maximum Gasteiger partial charge on any atom is 0.242 e. The monoisotopic (exact) mass is 452 g/mol. The third kappa shape index (κ3) is 7.25. The van der Waals surface area contributed by atoms with Gasteiger partial charge in [0.05, 0.1) is 15.8 Å². The van der Waals surface area contributed by atoms with Gasteiger partial charge in [-0.3, -0.25) is 9.59 Å². The van der Waals surface area contributed by atoms with Crippen molar-refractivity contribution in [1.29, 1.82) is 0 Å². The van der Waals surface area contributed by atoms with Crippen molar-refractivity contribution in [2.45, 2.75) is 38.6 Å². The zero-order valence-corrected chi connectivity index (χ0v) is 19.0. The first kappa shape index (κ1) is 23.6.